The first-order valence-corrected chi connectivity index (χ1v) is 7.37. The maximum Gasteiger partial charge on any atom is 0.204 e. The Morgan fingerprint density at radius 1 is 1.47 bits per heavy atom. The Hall–Kier alpha value is -0.580. The van der Waals surface area contributed by atoms with E-state index in [2.05, 4.69) is 0 Å². The van der Waals surface area contributed by atoms with Crippen molar-refractivity contribution in [1.82, 2.24) is 0 Å². The van der Waals surface area contributed by atoms with Gasteiger partial charge in [-0.25, -0.2) is 0 Å². The Balaban J connectivity index is 2.41. The van der Waals surface area contributed by atoms with Crippen LogP contribution in [0.2, 0.25) is 0 Å². The monoisotopic (exact) mass is 254 g/mol. The summed E-state index contributed by atoms with van der Waals surface area (Å²) in [5.74, 6) is 0.152. The second-order valence-corrected chi connectivity index (χ2v) is 6.35. The molecule has 0 aliphatic rings. The van der Waals surface area contributed by atoms with Gasteiger partial charge in [-0.15, -0.1) is 34.4 Å². The summed E-state index contributed by atoms with van der Waals surface area (Å²) in [7, 11) is 0. The molecule has 0 spiro atoms. The van der Waals surface area contributed by atoms with Crippen LogP contribution in [0.1, 0.15) is 20.1 Å². The average Bonchev–Trinajstić information content (AvgIpc) is 2.84. The van der Waals surface area contributed by atoms with Gasteiger partial charge >= 0.3 is 0 Å². The molecule has 2 aromatic rings. The van der Waals surface area contributed by atoms with Crippen molar-refractivity contribution < 1.29 is 4.79 Å². The SMILES string of the molecule is CSc1sc(C)cc1C(=O)c1cccs1. The molecule has 0 aliphatic heterocycles. The van der Waals surface area contributed by atoms with Gasteiger partial charge in [-0.1, -0.05) is 6.07 Å². The van der Waals surface area contributed by atoms with Gasteiger partial charge in [-0.05, 0) is 30.7 Å². The largest absolute Gasteiger partial charge is 0.288 e. The molecule has 1 nitrogen and oxygen atoms in total. The van der Waals surface area contributed by atoms with E-state index >= 15 is 0 Å². The number of carbonyl (C=O) groups excluding carboxylic acids is 1. The molecule has 0 saturated carbocycles. The van der Waals surface area contributed by atoms with E-state index in [0.29, 0.717) is 0 Å². The molecule has 0 fully saturated rings. The number of rotatable bonds is 3. The standard InChI is InChI=1S/C11H10OS3/c1-7-6-8(11(13-2)15-7)10(12)9-4-3-5-14-9/h3-6H,1-2H3. The summed E-state index contributed by atoms with van der Waals surface area (Å²) in [4.78, 5) is 14.1. The zero-order chi connectivity index (χ0) is 10.8. The van der Waals surface area contributed by atoms with Crippen LogP contribution in [0.15, 0.2) is 27.8 Å². The van der Waals surface area contributed by atoms with Gasteiger partial charge in [0.1, 0.15) is 0 Å². The van der Waals surface area contributed by atoms with Crippen LogP contribution in [0.4, 0.5) is 0 Å². The summed E-state index contributed by atoms with van der Waals surface area (Å²) < 4.78 is 1.12. The van der Waals surface area contributed by atoms with E-state index in [0.717, 1.165) is 14.6 Å². The molecule has 0 N–H and O–H groups in total. The highest BCUT2D eigenvalue weighted by atomic mass is 32.2. The van der Waals surface area contributed by atoms with E-state index in [1.165, 1.54) is 16.2 Å². The average molecular weight is 254 g/mol. The van der Waals surface area contributed by atoms with Crippen molar-refractivity contribution in [3.8, 4) is 0 Å². The zero-order valence-electron chi connectivity index (χ0n) is 8.44. The minimum absolute atomic E-state index is 0.152. The molecular weight excluding hydrogens is 244 g/mol. The Morgan fingerprint density at radius 2 is 2.27 bits per heavy atom. The highest BCUT2D eigenvalue weighted by molar-refractivity contribution is 8.00. The van der Waals surface area contributed by atoms with Crippen molar-refractivity contribution in [2.45, 2.75) is 11.1 Å². The van der Waals surface area contributed by atoms with Gasteiger partial charge < -0.3 is 0 Å². The third-order valence-corrected chi connectivity index (χ3v) is 5.05. The fraction of sp³-hybridized carbons (Fsp3) is 0.182. The van der Waals surface area contributed by atoms with Crippen molar-refractivity contribution in [3.63, 3.8) is 0 Å². The summed E-state index contributed by atoms with van der Waals surface area (Å²) in [6.45, 7) is 2.04. The Morgan fingerprint density at radius 3 is 2.87 bits per heavy atom. The minimum atomic E-state index is 0.152. The van der Waals surface area contributed by atoms with Gasteiger partial charge in [0.05, 0.1) is 9.09 Å². The molecule has 0 unspecified atom stereocenters. The van der Waals surface area contributed by atoms with Crippen LogP contribution < -0.4 is 0 Å². The molecule has 2 heterocycles. The van der Waals surface area contributed by atoms with E-state index in [1.54, 1.807) is 23.1 Å². The third kappa shape index (κ3) is 2.17. The minimum Gasteiger partial charge on any atom is -0.288 e. The van der Waals surface area contributed by atoms with Gasteiger partial charge in [-0.2, -0.15) is 0 Å². The van der Waals surface area contributed by atoms with Crippen LogP contribution in [0.25, 0.3) is 0 Å². The summed E-state index contributed by atoms with van der Waals surface area (Å²) >= 11 is 4.83. The van der Waals surface area contributed by atoms with Crippen molar-refractivity contribution in [2.24, 2.45) is 0 Å². The normalized spacial score (nSPS) is 10.5. The number of ketones is 1. The quantitative estimate of drug-likeness (QED) is 0.606. The molecular formula is C11H10OS3. The van der Waals surface area contributed by atoms with Gasteiger partial charge in [0, 0.05) is 10.4 Å². The lowest BCUT2D eigenvalue weighted by molar-refractivity contribution is 0.104. The van der Waals surface area contributed by atoms with E-state index < -0.39 is 0 Å². The van der Waals surface area contributed by atoms with E-state index in [-0.39, 0.29) is 5.78 Å². The molecule has 0 amide bonds. The van der Waals surface area contributed by atoms with Crippen LogP contribution in [0, 0.1) is 6.92 Å². The number of hydrogen-bond donors (Lipinski definition) is 0. The lowest BCUT2D eigenvalue weighted by Crippen LogP contribution is -1.97. The van der Waals surface area contributed by atoms with Gasteiger partial charge in [0.15, 0.2) is 0 Å². The molecule has 0 radical (unpaired) electrons. The molecule has 4 heteroatoms. The van der Waals surface area contributed by atoms with Crippen LogP contribution in [-0.2, 0) is 0 Å². The smallest absolute Gasteiger partial charge is 0.204 e. The Labute approximate surface area is 101 Å². The molecule has 0 aliphatic carbocycles. The van der Waals surface area contributed by atoms with Crippen molar-refractivity contribution in [3.05, 3.63) is 38.9 Å². The van der Waals surface area contributed by atoms with E-state index in [1.807, 2.05) is 36.8 Å². The maximum atomic E-state index is 12.1. The van der Waals surface area contributed by atoms with Crippen molar-refractivity contribution >= 4 is 40.2 Å². The predicted molar refractivity (Wildman–Crippen MR) is 68.6 cm³/mol. The second kappa shape index (κ2) is 4.51. The molecule has 15 heavy (non-hydrogen) atoms. The molecule has 0 aromatic carbocycles. The van der Waals surface area contributed by atoms with Crippen LogP contribution >= 0.6 is 34.4 Å². The summed E-state index contributed by atoms with van der Waals surface area (Å²) in [5.41, 5.74) is 0.854. The summed E-state index contributed by atoms with van der Waals surface area (Å²) in [6.07, 6.45) is 2.01. The zero-order valence-corrected chi connectivity index (χ0v) is 10.9. The number of thioether (sulfide) groups is 1. The van der Waals surface area contributed by atoms with Gasteiger partial charge in [-0.3, -0.25) is 4.79 Å². The number of hydrogen-bond acceptors (Lipinski definition) is 4. The molecule has 0 atom stereocenters. The van der Waals surface area contributed by atoms with E-state index in [4.69, 9.17) is 0 Å². The number of thiophene rings is 2. The van der Waals surface area contributed by atoms with Crippen molar-refractivity contribution in [2.75, 3.05) is 6.26 Å². The highest BCUT2D eigenvalue weighted by Crippen LogP contribution is 2.32. The van der Waals surface area contributed by atoms with Gasteiger partial charge in [0.2, 0.25) is 5.78 Å². The maximum absolute atomic E-state index is 12.1. The van der Waals surface area contributed by atoms with Gasteiger partial charge in [0.25, 0.3) is 0 Å². The number of carbonyl (C=O) groups is 1. The van der Waals surface area contributed by atoms with E-state index in [9.17, 15) is 4.79 Å². The first kappa shape index (κ1) is 10.9. The molecule has 0 saturated heterocycles. The summed E-state index contributed by atoms with van der Waals surface area (Å²) in [5, 5.41) is 1.94. The third-order valence-electron chi connectivity index (χ3n) is 2.00. The predicted octanol–water partition coefficient (Wildman–Crippen LogP) is 4.07. The topological polar surface area (TPSA) is 17.1 Å². The second-order valence-electron chi connectivity index (χ2n) is 3.07. The first-order chi connectivity index (χ1) is 7.22. The van der Waals surface area contributed by atoms with Crippen molar-refractivity contribution in [1.29, 1.82) is 0 Å². The number of aryl methyl sites for hydroxylation is 1. The summed E-state index contributed by atoms with van der Waals surface area (Å²) in [6, 6.07) is 5.78. The molecule has 2 aromatic heterocycles. The Kier molecular flexibility index (Phi) is 3.29. The highest BCUT2D eigenvalue weighted by Gasteiger charge is 2.16. The lowest BCUT2D eigenvalue weighted by atomic mass is 10.2. The fourth-order valence-electron chi connectivity index (χ4n) is 1.34. The molecule has 78 valence electrons. The fourth-order valence-corrected chi connectivity index (χ4v) is 3.85. The van der Waals surface area contributed by atoms with Crippen LogP contribution in [-0.4, -0.2) is 12.0 Å². The first-order valence-electron chi connectivity index (χ1n) is 4.45. The Bertz CT molecular complexity index is 468. The molecule has 0 bridgehead atoms. The van der Waals surface area contributed by atoms with Crippen LogP contribution in [0.5, 0.6) is 0 Å². The lowest BCUT2D eigenvalue weighted by Gasteiger charge is -1.96. The van der Waals surface area contributed by atoms with Crippen LogP contribution in [0.3, 0.4) is 0 Å². The molecule has 2 rings (SSSR count).